The highest BCUT2D eigenvalue weighted by Crippen LogP contribution is 2.39. The monoisotopic (exact) mass is 1080 g/mol. The standard InChI is InChI=1S/C59H97NO14Si/c1-37-21-17-16-18-22-38(2)49(68-11)35-45-26-24-43(7)59(67,74-45)55(64)56(65)60-28-20-19-23-46(60)57(66)73-50(36-47(61)39(3)32-42(6)53(63)54(70-13)52(62)41(5)31-37)40(4)33-44-25-27-48(51(34-44)69-12)71-29-30-72-75(14,15)58(8,9)10/h16-18,21-22,32,37,39-41,43-46,48-51,53-54,63,67H,19-20,23-31,33-36H2,1-15H3/t37-,39-,40-,41-,43-,44+,45+,46+,48-,49-,50+,51-,53-,54+,59-/m1/s1/i29D2,30D2. The predicted octanol–water partition coefficient (Wildman–Crippen LogP) is 9.23. The maximum atomic E-state index is 14.7. The van der Waals surface area contributed by atoms with Gasteiger partial charge in [0.05, 0.1) is 43.0 Å². The number of rotatable bonds is 11. The molecule has 16 heteroatoms. The Balaban J connectivity index is 1.69. The van der Waals surface area contributed by atoms with E-state index in [9.17, 15) is 34.2 Å². The van der Waals surface area contributed by atoms with Gasteiger partial charge in [0.15, 0.2) is 14.1 Å². The molecule has 0 radical (unpaired) electrons. The van der Waals surface area contributed by atoms with Crippen LogP contribution in [0.2, 0.25) is 18.1 Å². The third kappa shape index (κ3) is 17.7. The molecule has 3 aliphatic heterocycles. The van der Waals surface area contributed by atoms with E-state index in [0.717, 1.165) is 10.5 Å². The zero-order chi connectivity index (χ0) is 59.6. The minimum Gasteiger partial charge on any atom is -0.460 e. The number of allylic oxidation sites excluding steroid dienone is 6. The number of methoxy groups -OCH3 is 3. The van der Waals surface area contributed by atoms with Gasteiger partial charge < -0.3 is 48.0 Å². The van der Waals surface area contributed by atoms with Crippen molar-refractivity contribution in [3.8, 4) is 0 Å². The average molecular weight is 1080 g/mol. The van der Waals surface area contributed by atoms with E-state index in [1.807, 2.05) is 85.0 Å². The number of ketones is 3. The van der Waals surface area contributed by atoms with Gasteiger partial charge in [-0.25, -0.2) is 4.79 Å². The van der Waals surface area contributed by atoms with Crippen LogP contribution >= 0.6 is 0 Å². The molecular weight excluding hydrogens is 975 g/mol. The number of esters is 1. The molecular formula is C59H97NO14Si. The van der Waals surface area contributed by atoms with E-state index in [1.165, 1.54) is 14.2 Å². The van der Waals surface area contributed by atoms with Crippen molar-refractivity contribution in [3.63, 3.8) is 0 Å². The fourth-order valence-corrected chi connectivity index (χ4v) is 11.2. The van der Waals surface area contributed by atoms with Crippen LogP contribution in [0.1, 0.15) is 152 Å². The van der Waals surface area contributed by atoms with Crippen molar-refractivity contribution in [2.24, 2.45) is 35.5 Å². The van der Waals surface area contributed by atoms with Crippen LogP contribution in [0.4, 0.5) is 0 Å². The molecule has 3 heterocycles. The lowest BCUT2D eigenvalue weighted by molar-refractivity contribution is -0.265. The molecule has 75 heavy (non-hydrogen) atoms. The van der Waals surface area contributed by atoms with E-state index >= 15 is 0 Å². The molecule has 4 rings (SSSR count). The molecule has 0 aromatic carbocycles. The highest BCUT2D eigenvalue weighted by Gasteiger charge is 2.53. The largest absolute Gasteiger partial charge is 0.460 e. The van der Waals surface area contributed by atoms with Crippen LogP contribution in [0.15, 0.2) is 47.6 Å². The first-order chi connectivity index (χ1) is 36.6. The third-order valence-electron chi connectivity index (χ3n) is 16.8. The highest BCUT2D eigenvalue weighted by atomic mass is 28.4. The summed E-state index contributed by atoms with van der Waals surface area (Å²) in [4.78, 5) is 72.9. The Bertz CT molecular complexity index is 2210. The number of aliphatic hydroxyl groups is 2. The molecule has 15 nitrogen and oxygen atoms in total. The number of piperidine rings is 1. The highest BCUT2D eigenvalue weighted by molar-refractivity contribution is 6.74. The zero-order valence-electron chi connectivity index (χ0n) is 52.0. The Morgan fingerprint density at radius 1 is 0.867 bits per heavy atom. The van der Waals surface area contributed by atoms with Gasteiger partial charge in [0.25, 0.3) is 11.7 Å². The summed E-state index contributed by atoms with van der Waals surface area (Å²) in [6, 6.07) is -1.22. The summed E-state index contributed by atoms with van der Waals surface area (Å²) in [7, 11) is 1.64. The molecule has 2 bridgehead atoms. The Labute approximate surface area is 456 Å². The minimum absolute atomic E-state index is 0.0138. The summed E-state index contributed by atoms with van der Waals surface area (Å²) in [5.74, 6) is -8.82. The molecule has 1 aliphatic carbocycles. The first-order valence-electron chi connectivity index (χ1n) is 29.5. The molecule has 2 N–H and O–H groups in total. The molecule has 3 fully saturated rings. The molecule has 15 atom stereocenters. The van der Waals surface area contributed by atoms with Crippen molar-refractivity contribution in [1.82, 2.24) is 4.90 Å². The summed E-state index contributed by atoms with van der Waals surface area (Å²) in [5.41, 5.74) is 1.20. The number of ether oxygens (including phenoxy) is 6. The van der Waals surface area contributed by atoms with Gasteiger partial charge in [-0.2, -0.15) is 0 Å². The summed E-state index contributed by atoms with van der Waals surface area (Å²) in [5, 5.41) is 23.2. The number of carbonyl (C=O) groups is 5. The van der Waals surface area contributed by atoms with Crippen molar-refractivity contribution in [2.45, 2.75) is 219 Å². The van der Waals surface area contributed by atoms with Gasteiger partial charge >= 0.3 is 5.97 Å². The summed E-state index contributed by atoms with van der Waals surface area (Å²) < 4.78 is 76.6. The molecule has 1 amide bonds. The van der Waals surface area contributed by atoms with Crippen LogP contribution < -0.4 is 0 Å². The van der Waals surface area contributed by atoms with Gasteiger partial charge in [-0.05, 0) is 125 Å². The Morgan fingerprint density at radius 3 is 2.23 bits per heavy atom. The van der Waals surface area contributed by atoms with E-state index in [-0.39, 0.29) is 49.2 Å². The number of aliphatic hydroxyl groups excluding tert-OH is 1. The van der Waals surface area contributed by atoms with Gasteiger partial charge in [-0.3, -0.25) is 19.2 Å². The van der Waals surface area contributed by atoms with Crippen molar-refractivity contribution in [3.05, 3.63) is 47.6 Å². The van der Waals surface area contributed by atoms with E-state index < -0.39 is 122 Å². The van der Waals surface area contributed by atoms with Crippen LogP contribution in [0.5, 0.6) is 0 Å². The van der Waals surface area contributed by atoms with Gasteiger partial charge in [0, 0.05) is 58.5 Å². The fraction of sp³-hybridized carbons (Fsp3) is 0.780. The lowest BCUT2D eigenvalue weighted by Crippen LogP contribution is -2.61. The molecule has 426 valence electrons. The first-order valence-corrected chi connectivity index (χ1v) is 30.4. The third-order valence-corrected chi connectivity index (χ3v) is 21.0. The van der Waals surface area contributed by atoms with Crippen LogP contribution in [0, 0.1) is 35.5 Å². The lowest BCUT2D eigenvalue weighted by atomic mass is 9.78. The zero-order valence-corrected chi connectivity index (χ0v) is 49.0. The van der Waals surface area contributed by atoms with Crippen LogP contribution in [0.3, 0.4) is 0 Å². The average Bonchev–Trinajstić information content (AvgIpc) is 3.44. The molecule has 0 spiro atoms. The normalized spacial score (nSPS) is 36.0. The summed E-state index contributed by atoms with van der Waals surface area (Å²) in [6.07, 6.45) is 9.05. The maximum absolute atomic E-state index is 14.7. The number of nitrogens with zero attached hydrogens (tertiary/aromatic N) is 1. The fourth-order valence-electron chi connectivity index (χ4n) is 10.6. The van der Waals surface area contributed by atoms with E-state index in [4.69, 9.17) is 38.3 Å². The van der Waals surface area contributed by atoms with Crippen molar-refractivity contribution in [2.75, 3.05) is 41.0 Å². The Hall–Kier alpha value is -3.19. The van der Waals surface area contributed by atoms with Gasteiger partial charge in [-0.15, -0.1) is 0 Å². The number of fused-ring (bicyclic) bond motifs is 3. The minimum atomic E-state index is -2.83. The SMILES string of the molecule is [2H]C([2H])(O[C@@H]1CC[C@@H](C[C@@H](C)[C@@H]2CC(=O)[C@H](C)C=C(C)[C@@H](O)[C@@H](OC)C(=O)[C@H](C)C[C@H](C)C=CC=CC=C(C)[C@H](OC)C[C@@H]3CC[C@@H](C)[C@@](O)(O3)C(=O)C(=O)N3CCCC[C@H]3C(=O)O2)C[C@H]1OC)C([2H])([2H])O[Si](C)(C)C(C)(C)C. The lowest BCUT2D eigenvalue weighted by Gasteiger charge is -2.42. The molecule has 0 aromatic heterocycles. The Kier molecular flexibility index (Phi) is 22.5. The van der Waals surface area contributed by atoms with Crippen molar-refractivity contribution in [1.29, 1.82) is 0 Å². The number of amides is 1. The first kappa shape index (κ1) is 58.0. The number of cyclic esters (lactones) is 1. The molecule has 4 aliphatic rings. The molecule has 0 aromatic rings. The Morgan fingerprint density at radius 2 is 1.57 bits per heavy atom. The van der Waals surface area contributed by atoms with Crippen LogP contribution in [-0.2, 0) is 56.8 Å². The van der Waals surface area contributed by atoms with E-state index in [0.29, 0.717) is 63.4 Å². The number of hydrogen-bond donors (Lipinski definition) is 2. The van der Waals surface area contributed by atoms with E-state index in [1.54, 1.807) is 40.9 Å². The second-order valence-electron chi connectivity index (χ2n) is 23.7. The predicted molar refractivity (Wildman–Crippen MR) is 292 cm³/mol. The number of Topliss-reactive ketones (excluding diaryl/α,β-unsaturated/α-hetero) is 3. The van der Waals surface area contributed by atoms with Crippen LogP contribution in [-0.4, -0.2) is 148 Å². The molecule has 0 unspecified atom stereocenters. The molecule has 1 saturated carbocycles. The van der Waals surface area contributed by atoms with Crippen LogP contribution in [0.25, 0.3) is 0 Å². The maximum Gasteiger partial charge on any atom is 0.329 e. The summed E-state index contributed by atoms with van der Waals surface area (Å²) in [6.45, 7) is 16.4. The van der Waals surface area contributed by atoms with Crippen molar-refractivity contribution < 1.29 is 72.5 Å². The van der Waals surface area contributed by atoms with E-state index in [2.05, 4.69) is 0 Å². The summed E-state index contributed by atoms with van der Waals surface area (Å²) >= 11 is 0. The van der Waals surface area contributed by atoms with Crippen molar-refractivity contribution >= 4 is 37.5 Å². The van der Waals surface area contributed by atoms with Gasteiger partial charge in [0.1, 0.15) is 30.1 Å². The second-order valence-corrected chi connectivity index (χ2v) is 28.5. The quantitative estimate of drug-likeness (QED) is 0.0861. The van der Waals surface area contributed by atoms with Gasteiger partial charge in [0.2, 0.25) is 5.79 Å². The smallest absolute Gasteiger partial charge is 0.329 e. The molecule has 2 saturated heterocycles. The topological polar surface area (TPSA) is 194 Å². The van der Waals surface area contributed by atoms with Gasteiger partial charge in [-0.1, -0.05) is 91.8 Å². The number of carbonyl (C=O) groups excluding carboxylic acids is 5. The number of hydrogen-bond acceptors (Lipinski definition) is 14. The second kappa shape index (κ2) is 29.1.